The number of fused-ring (bicyclic) bond motifs is 6. The first kappa shape index (κ1) is 15.0. The molecule has 0 aliphatic carbocycles. The van der Waals surface area contributed by atoms with Crippen molar-refractivity contribution >= 4 is 14.0 Å². The molecule has 4 nitrogen and oxygen atoms in total. The molecule has 3 aliphatic heterocycles. The lowest BCUT2D eigenvalue weighted by Gasteiger charge is -2.38. The van der Waals surface area contributed by atoms with Gasteiger partial charge in [0.05, 0.1) is 19.8 Å². The summed E-state index contributed by atoms with van der Waals surface area (Å²) < 4.78 is 18.4. The van der Waals surface area contributed by atoms with Crippen molar-refractivity contribution in [2.45, 2.75) is 0 Å². The van der Waals surface area contributed by atoms with Crippen LogP contribution in [0.5, 0.6) is 0 Å². The summed E-state index contributed by atoms with van der Waals surface area (Å²) in [5.74, 6) is 0. The molecular formula is C18H21NO3Si. The molecule has 5 rings (SSSR count). The zero-order valence-electron chi connectivity index (χ0n) is 13.1. The second-order valence-corrected chi connectivity index (χ2v) is 8.44. The maximum atomic E-state index is 6.13. The van der Waals surface area contributed by atoms with Crippen LogP contribution in [0.3, 0.4) is 0 Å². The Hall–Kier alpha value is -1.50. The lowest BCUT2D eigenvalue weighted by molar-refractivity contribution is 0.00141. The Morgan fingerprint density at radius 1 is 0.652 bits per heavy atom. The normalized spacial score (nSPS) is 27.9. The predicted octanol–water partition coefficient (Wildman–Crippen LogP) is 1.88. The average Bonchev–Trinajstić information content (AvgIpc) is 2.55. The van der Waals surface area contributed by atoms with E-state index in [9.17, 15) is 0 Å². The monoisotopic (exact) mass is 327 g/mol. The van der Waals surface area contributed by atoms with Crippen LogP contribution in [0.2, 0.25) is 0 Å². The number of nitrogens with zero attached hydrogens (tertiary/aromatic N) is 1. The Morgan fingerprint density at radius 2 is 1.17 bits per heavy atom. The first-order valence-corrected chi connectivity index (χ1v) is 9.88. The SMILES string of the molecule is c1ccc(-c2ccc([Si]34OCCN(CCO3)CCO4)cc2)cc1. The van der Waals surface area contributed by atoms with E-state index in [0.717, 1.165) is 24.8 Å². The average molecular weight is 327 g/mol. The third-order valence-electron chi connectivity index (χ3n) is 4.44. The molecule has 0 saturated carbocycles. The van der Waals surface area contributed by atoms with E-state index in [1.54, 1.807) is 0 Å². The van der Waals surface area contributed by atoms with Crippen LogP contribution in [0.1, 0.15) is 0 Å². The van der Waals surface area contributed by atoms with E-state index >= 15 is 0 Å². The van der Waals surface area contributed by atoms with Gasteiger partial charge in [-0.2, -0.15) is 0 Å². The standard InChI is InChI=1S/C18H21NO3Si/c1-2-4-16(5-3-1)17-6-8-18(9-7-17)23-20-13-10-19(11-14-21-23)12-15-22-23/h1-9H,10-15H2. The Bertz CT molecular complexity index is 621. The lowest BCUT2D eigenvalue weighted by Crippen LogP contribution is -2.62. The van der Waals surface area contributed by atoms with Gasteiger partial charge < -0.3 is 13.3 Å². The largest absolute Gasteiger partial charge is 0.537 e. The minimum absolute atomic E-state index is 0.673. The molecule has 3 saturated heterocycles. The molecule has 0 radical (unpaired) electrons. The van der Waals surface area contributed by atoms with Crippen LogP contribution in [0.15, 0.2) is 54.6 Å². The first-order valence-electron chi connectivity index (χ1n) is 8.16. The molecule has 2 aromatic carbocycles. The Balaban J connectivity index is 1.63. The van der Waals surface area contributed by atoms with Gasteiger partial charge in [0.1, 0.15) is 0 Å². The molecule has 0 aromatic heterocycles. The Kier molecular flexibility index (Phi) is 4.28. The van der Waals surface area contributed by atoms with E-state index in [0.29, 0.717) is 19.8 Å². The highest BCUT2D eigenvalue weighted by Gasteiger charge is 2.46. The highest BCUT2D eigenvalue weighted by atomic mass is 28.4. The zero-order valence-corrected chi connectivity index (χ0v) is 14.1. The van der Waals surface area contributed by atoms with Crippen LogP contribution in [-0.2, 0) is 13.3 Å². The van der Waals surface area contributed by atoms with Crippen molar-refractivity contribution in [1.29, 1.82) is 0 Å². The third-order valence-corrected chi connectivity index (χ3v) is 7.24. The zero-order chi connectivity index (χ0) is 15.5. The minimum atomic E-state index is -2.75. The molecule has 0 amide bonds. The molecule has 3 fully saturated rings. The van der Waals surface area contributed by atoms with Gasteiger partial charge in [-0.05, 0) is 11.1 Å². The van der Waals surface area contributed by atoms with Gasteiger partial charge in [0, 0.05) is 24.8 Å². The molecule has 0 unspecified atom stereocenters. The first-order chi connectivity index (χ1) is 11.4. The van der Waals surface area contributed by atoms with Gasteiger partial charge in [-0.15, -0.1) is 0 Å². The number of rotatable bonds is 2. The fourth-order valence-electron chi connectivity index (χ4n) is 3.14. The molecule has 2 aromatic rings. The molecule has 3 heterocycles. The van der Waals surface area contributed by atoms with Gasteiger partial charge in [-0.1, -0.05) is 54.6 Å². The highest BCUT2D eigenvalue weighted by molar-refractivity contribution is 6.75. The van der Waals surface area contributed by atoms with Gasteiger partial charge in [0.25, 0.3) is 0 Å². The van der Waals surface area contributed by atoms with Crippen molar-refractivity contribution in [3.05, 3.63) is 54.6 Å². The predicted molar refractivity (Wildman–Crippen MR) is 91.6 cm³/mol. The fraction of sp³-hybridized carbons (Fsp3) is 0.333. The molecule has 0 atom stereocenters. The van der Waals surface area contributed by atoms with E-state index in [1.165, 1.54) is 11.1 Å². The van der Waals surface area contributed by atoms with Gasteiger partial charge >= 0.3 is 8.80 Å². The van der Waals surface area contributed by atoms with E-state index in [1.807, 2.05) is 6.07 Å². The molecule has 23 heavy (non-hydrogen) atoms. The molecule has 3 aliphatic rings. The molecule has 120 valence electrons. The number of hydrogen-bond acceptors (Lipinski definition) is 4. The third kappa shape index (κ3) is 3.11. The maximum Gasteiger partial charge on any atom is 0.537 e. The number of hydrogen-bond donors (Lipinski definition) is 0. The Morgan fingerprint density at radius 3 is 1.74 bits per heavy atom. The summed E-state index contributed by atoms with van der Waals surface area (Å²) in [6, 6.07) is 18.9. The summed E-state index contributed by atoms with van der Waals surface area (Å²) in [7, 11) is -2.75. The summed E-state index contributed by atoms with van der Waals surface area (Å²) in [6.07, 6.45) is 0. The molecular weight excluding hydrogens is 306 g/mol. The number of benzene rings is 2. The van der Waals surface area contributed by atoms with Gasteiger partial charge in [-0.25, -0.2) is 0 Å². The van der Waals surface area contributed by atoms with Gasteiger partial charge in [0.15, 0.2) is 0 Å². The minimum Gasteiger partial charge on any atom is -0.369 e. The second kappa shape index (κ2) is 6.55. The van der Waals surface area contributed by atoms with Crippen molar-refractivity contribution < 1.29 is 13.3 Å². The van der Waals surface area contributed by atoms with Gasteiger partial charge in [-0.3, -0.25) is 4.90 Å². The summed E-state index contributed by atoms with van der Waals surface area (Å²) in [5.41, 5.74) is 2.41. The summed E-state index contributed by atoms with van der Waals surface area (Å²) in [5, 5.41) is 1.06. The van der Waals surface area contributed by atoms with E-state index in [-0.39, 0.29) is 0 Å². The van der Waals surface area contributed by atoms with Crippen LogP contribution in [0, 0.1) is 0 Å². The van der Waals surface area contributed by atoms with Crippen LogP contribution in [0.25, 0.3) is 11.1 Å². The summed E-state index contributed by atoms with van der Waals surface area (Å²) in [4.78, 5) is 2.33. The molecule has 5 heteroatoms. The van der Waals surface area contributed by atoms with E-state index < -0.39 is 8.80 Å². The van der Waals surface area contributed by atoms with Crippen molar-refractivity contribution in [2.24, 2.45) is 0 Å². The van der Waals surface area contributed by atoms with Crippen molar-refractivity contribution in [3.63, 3.8) is 0 Å². The molecule has 0 spiro atoms. The topological polar surface area (TPSA) is 30.9 Å². The van der Waals surface area contributed by atoms with Crippen LogP contribution in [0.4, 0.5) is 0 Å². The fourth-order valence-corrected chi connectivity index (χ4v) is 5.54. The summed E-state index contributed by atoms with van der Waals surface area (Å²) in [6.45, 7) is 4.91. The van der Waals surface area contributed by atoms with Crippen molar-refractivity contribution in [2.75, 3.05) is 39.5 Å². The van der Waals surface area contributed by atoms with Crippen molar-refractivity contribution in [1.82, 2.24) is 4.90 Å². The summed E-state index contributed by atoms with van der Waals surface area (Å²) >= 11 is 0. The van der Waals surface area contributed by atoms with Crippen LogP contribution >= 0.6 is 0 Å². The van der Waals surface area contributed by atoms with Crippen LogP contribution in [-0.4, -0.2) is 53.2 Å². The Labute approximate surface area is 138 Å². The molecule has 0 N–H and O–H groups in total. The lowest BCUT2D eigenvalue weighted by atomic mass is 10.1. The van der Waals surface area contributed by atoms with Crippen LogP contribution < -0.4 is 5.19 Å². The quantitative estimate of drug-likeness (QED) is 0.788. The molecule has 2 bridgehead atoms. The van der Waals surface area contributed by atoms with E-state index in [4.69, 9.17) is 13.3 Å². The smallest absolute Gasteiger partial charge is 0.369 e. The van der Waals surface area contributed by atoms with E-state index in [2.05, 4.69) is 53.4 Å². The second-order valence-electron chi connectivity index (χ2n) is 5.89. The van der Waals surface area contributed by atoms with Gasteiger partial charge in [0.2, 0.25) is 0 Å². The highest BCUT2D eigenvalue weighted by Crippen LogP contribution is 2.20. The maximum absolute atomic E-state index is 6.13. The van der Waals surface area contributed by atoms with Crippen molar-refractivity contribution in [3.8, 4) is 11.1 Å².